The number of aryl methyl sites for hydroxylation is 1. The summed E-state index contributed by atoms with van der Waals surface area (Å²) in [4.78, 5) is 31.1. The van der Waals surface area contributed by atoms with Crippen LogP contribution >= 0.6 is 0 Å². The van der Waals surface area contributed by atoms with Crippen molar-refractivity contribution in [2.45, 2.75) is 45.6 Å². The van der Waals surface area contributed by atoms with E-state index >= 15 is 0 Å². The van der Waals surface area contributed by atoms with E-state index in [9.17, 15) is 9.59 Å². The van der Waals surface area contributed by atoms with Crippen molar-refractivity contribution in [2.24, 2.45) is 0 Å². The molecule has 3 rings (SSSR count). The van der Waals surface area contributed by atoms with Crippen LogP contribution in [0.3, 0.4) is 0 Å². The highest BCUT2D eigenvalue weighted by atomic mass is 16.2. The summed E-state index contributed by atoms with van der Waals surface area (Å²) < 4.78 is 0. The van der Waals surface area contributed by atoms with Crippen LogP contribution in [0, 0.1) is 6.92 Å². The lowest BCUT2D eigenvalue weighted by molar-refractivity contribution is -0.139. The van der Waals surface area contributed by atoms with Gasteiger partial charge >= 0.3 is 0 Å². The van der Waals surface area contributed by atoms with Crippen LogP contribution in [0.4, 0.5) is 5.69 Å². The number of likely N-dealkylation sites (tertiary alicyclic amines) is 1. The van der Waals surface area contributed by atoms with Crippen molar-refractivity contribution >= 4 is 17.5 Å². The quantitative estimate of drug-likeness (QED) is 0.843. The molecule has 2 amide bonds. The van der Waals surface area contributed by atoms with Gasteiger partial charge in [0.25, 0.3) is 0 Å². The fourth-order valence-corrected chi connectivity index (χ4v) is 3.74. The lowest BCUT2D eigenvalue weighted by Gasteiger charge is -2.39. The summed E-state index contributed by atoms with van der Waals surface area (Å²) in [6, 6.07) is 8.04. The summed E-state index contributed by atoms with van der Waals surface area (Å²) in [5, 5.41) is 0. The van der Waals surface area contributed by atoms with Crippen molar-refractivity contribution in [2.75, 3.05) is 37.6 Å². The summed E-state index contributed by atoms with van der Waals surface area (Å²) in [7, 11) is 0. The second-order valence-electron chi connectivity index (χ2n) is 7.36. The van der Waals surface area contributed by atoms with Crippen molar-refractivity contribution in [3.05, 3.63) is 29.8 Å². The molecular weight excluding hydrogens is 314 g/mol. The number of benzene rings is 1. The third kappa shape index (κ3) is 4.40. The Morgan fingerprint density at radius 1 is 1.12 bits per heavy atom. The first-order valence-electron chi connectivity index (χ1n) is 9.43. The highest BCUT2D eigenvalue weighted by Gasteiger charge is 2.33. The highest BCUT2D eigenvalue weighted by molar-refractivity contribution is 5.98. The van der Waals surface area contributed by atoms with Gasteiger partial charge in [-0.15, -0.1) is 0 Å². The van der Waals surface area contributed by atoms with E-state index in [1.807, 2.05) is 38.1 Å². The van der Waals surface area contributed by atoms with Crippen LogP contribution in [-0.4, -0.2) is 60.4 Å². The van der Waals surface area contributed by atoms with Crippen molar-refractivity contribution in [1.82, 2.24) is 9.80 Å². The second kappa shape index (κ2) is 8.00. The lowest BCUT2D eigenvalue weighted by atomic mass is 10.1. The molecule has 2 aliphatic rings. The smallest absolute Gasteiger partial charge is 0.246 e. The minimum Gasteiger partial charge on any atom is -0.329 e. The summed E-state index contributed by atoms with van der Waals surface area (Å²) in [6.07, 6.45) is 4.29. The number of piperazine rings is 1. The molecule has 0 radical (unpaired) electrons. The van der Waals surface area contributed by atoms with E-state index in [1.54, 1.807) is 9.80 Å². The number of carbonyl (C=O) groups is 2. The second-order valence-corrected chi connectivity index (χ2v) is 7.36. The SMILES string of the molecule is Cc1ccc(N2C[C@@H](C)N(C(=O)CCN3CCCCC3)CC2=O)cc1. The molecule has 2 saturated heterocycles. The van der Waals surface area contributed by atoms with Crippen LogP contribution in [0.25, 0.3) is 0 Å². The summed E-state index contributed by atoms with van der Waals surface area (Å²) in [5.41, 5.74) is 2.10. The van der Waals surface area contributed by atoms with Crippen LogP contribution in [-0.2, 0) is 9.59 Å². The number of hydrogen-bond donors (Lipinski definition) is 0. The maximum Gasteiger partial charge on any atom is 0.246 e. The van der Waals surface area contributed by atoms with E-state index in [0.717, 1.165) is 25.3 Å². The van der Waals surface area contributed by atoms with E-state index in [1.165, 1.54) is 24.8 Å². The van der Waals surface area contributed by atoms with Gasteiger partial charge in [-0.1, -0.05) is 24.1 Å². The molecule has 136 valence electrons. The Balaban J connectivity index is 1.56. The number of anilines is 1. The Bertz CT molecular complexity index is 608. The minimum absolute atomic E-state index is 0.00766. The summed E-state index contributed by atoms with van der Waals surface area (Å²) in [6.45, 7) is 7.84. The largest absolute Gasteiger partial charge is 0.329 e. The normalized spacial score (nSPS) is 22.3. The number of rotatable bonds is 4. The summed E-state index contributed by atoms with van der Waals surface area (Å²) in [5.74, 6) is 0.114. The number of amides is 2. The van der Waals surface area contributed by atoms with Gasteiger partial charge in [0.1, 0.15) is 6.54 Å². The Kier molecular flexibility index (Phi) is 5.74. The monoisotopic (exact) mass is 343 g/mol. The van der Waals surface area contributed by atoms with Crippen LogP contribution in [0.5, 0.6) is 0 Å². The Morgan fingerprint density at radius 3 is 2.48 bits per heavy atom. The van der Waals surface area contributed by atoms with E-state index in [0.29, 0.717) is 13.0 Å². The first-order chi connectivity index (χ1) is 12.0. The first-order valence-corrected chi connectivity index (χ1v) is 9.43. The number of nitrogens with zero attached hydrogens (tertiary/aromatic N) is 3. The molecular formula is C20H29N3O2. The average Bonchev–Trinajstić information content (AvgIpc) is 2.63. The summed E-state index contributed by atoms with van der Waals surface area (Å²) >= 11 is 0. The molecule has 0 spiro atoms. The predicted molar refractivity (Wildman–Crippen MR) is 99.6 cm³/mol. The van der Waals surface area contributed by atoms with Gasteiger partial charge in [-0.2, -0.15) is 0 Å². The number of piperidine rings is 1. The molecule has 0 aromatic heterocycles. The Hall–Kier alpha value is -1.88. The first kappa shape index (κ1) is 17.9. The van der Waals surface area contributed by atoms with Gasteiger partial charge in [-0.3, -0.25) is 9.59 Å². The molecule has 0 saturated carbocycles. The fourth-order valence-electron chi connectivity index (χ4n) is 3.74. The van der Waals surface area contributed by atoms with Crippen LogP contribution in [0.1, 0.15) is 38.2 Å². The molecule has 0 bridgehead atoms. The predicted octanol–water partition coefficient (Wildman–Crippen LogP) is 2.43. The maximum atomic E-state index is 12.6. The van der Waals surface area contributed by atoms with Gasteiger partial charge in [-0.25, -0.2) is 0 Å². The Morgan fingerprint density at radius 2 is 1.80 bits per heavy atom. The zero-order chi connectivity index (χ0) is 17.8. The zero-order valence-corrected chi connectivity index (χ0v) is 15.4. The third-order valence-corrected chi connectivity index (χ3v) is 5.34. The van der Waals surface area contributed by atoms with Crippen LogP contribution in [0.15, 0.2) is 24.3 Å². The third-order valence-electron chi connectivity index (χ3n) is 5.34. The van der Waals surface area contributed by atoms with E-state index in [4.69, 9.17) is 0 Å². The van der Waals surface area contributed by atoms with Crippen molar-refractivity contribution < 1.29 is 9.59 Å². The molecule has 2 fully saturated rings. The van der Waals surface area contributed by atoms with E-state index in [2.05, 4.69) is 4.90 Å². The molecule has 5 nitrogen and oxygen atoms in total. The number of carbonyl (C=O) groups excluding carboxylic acids is 2. The standard InChI is InChI=1S/C20H29N3O2/c1-16-6-8-18(9-7-16)23-14-17(2)22(15-20(23)25)19(24)10-13-21-11-4-3-5-12-21/h6-9,17H,3-5,10-15H2,1-2H3/t17-/m1/s1. The molecule has 0 aliphatic carbocycles. The Labute approximate surface area is 150 Å². The van der Waals surface area contributed by atoms with Gasteiger partial charge in [0.15, 0.2) is 0 Å². The van der Waals surface area contributed by atoms with Gasteiger partial charge < -0.3 is 14.7 Å². The number of hydrogen-bond acceptors (Lipinski definition) is 3. The molecule has 2 aliphatic heterocycles. The molecule has 0 N–H and O–H groups in total. The fraction of sp³-hybridized carbons (Fsp3) is 0.600. The van der Waals surface area contributed by atoms with Crippen molar-refractivity contribution in [3.8, 4) is 0 Å². The molecule has 1 aromatic rings. The van der Waals surface area contributed by atoms with Crippen LogP contribution in [0.2, 0.25) is 0 Å². The lowest BCUT2D eigenvalue weighted by Crippen LogP contribution is -2.57. The van der Waals surface area contributed by atoms with Crippen LogP contribution < -0.4 is 4.90 Å². The van der Waals surface area contributed by atoms with Gasteiger partial charge in [0, 0.05) is 31.2 Å². The topological polar surface area (TPSA) is 43.9 Å². The molecule has 1 atom stereocenters. The van der Waals surface area contributed by atoms with Gasteiger partial charge in [-0.05, 0) is 51.9 Å². The van der Waals surface area contributed by atoms with E-state index in [-0.39, 0.29) is 24.4 Å². The van der Waals surface area contributed by atoms with Gasteiger partial charge in [0.05, 0.1) is 0 Å². The molecule has 1 aromatic carbocycles. The van der Waals surface area contributed by atoms with Crippen molar-refractivity contribution in [1.29, 1.82) is 0 Å². The minimum atomic E-state index is 0.00766. The highest BCUT2D eigenvalue weighted by Crippen LogP contribution is 2.21. The molecule has 0 unspecified atom stereocenters. The average molecular weight is 343 g/mol. The molecule has 25 heavy (non-hydrogen) atoms. The molecule has 5 heteroatoms. The van der Waals surface area contributed by atoms with Gasteiger partial charge in [0.2, 0.25) is 11.8 Å². The molecule has 2 heterocycles. The van der Waals surface area contributed by atoms with Crippen molar-refractivity contribution in [3.63, 3.8) is 0 Å². The maximum absolute atomic E-state index is 12.6. The zero-order valence-electron chi connectivity index (χ0n) is 15.4. The van der Waals surface area contributed by atoms with E-state index < -0.39 is 0 Å².